The van der Waals surface area contributed by atoms with E-state index in [1.54, 1.807) is 0 Å². The zero-order chi connectivity index (χ0) is 18.1. The average Bonchev–Trinajstić information content (AvgIpc) is 2.95. The number of hydrogen-bond acceptors (Lipinski definition) is 4. The summed E-state index contributed by atoms with van der Waals surface area (Å²) in [6.45, 7) is 12.3. The number of aliphatic imine (C=N–C) groups is 1. The van der Waals surface area contributed by atoms with Crippen molar-refractivity contribution in [2.75, 3.05) is 26.2 Å². The van der Waals surface area contributed by atoms with Gasteiger partial charge in [0.05, 0.1) is 0 Å². The fraction of sp³-hybridized carbons (Fsp3) is 0.722. The summed E-state index contributed by atoms with van der Waals surface area (Å²) in [5.41, 5.74) is 0. The van der Waals surface area contributed by atoms with E-state index in [1.165, 1.54) is 32.2 Å². The molecule has 0 aliphatic carbocycles. The van der Waals surface area contributed by atoms with Crippen molar-refractivity contribution in [3.05, 3.63) is 24.3 Å². The van der Waals surface area contributed by atoms with Crippen LogP contribution in [0, 0.1) is 6.92 Å². The molecular weight excluding hydrogens is 314 g/mol. The van der Waals surface area contributed by atoms with E-state index in [-0.39, 0.29) is 0 Å². The van der Waals surface area contributed by atoms with Gasteiger partial charge in [-0.25, -0.2) is 4.99 Å². The third kappa shape index (κ3) is 5.85. The van der Waals surface area contributed by atoms with E-state index in [0.29, 0.717) is 13.1 Å². The van der Waals surface area contributed by atoms with E-state index < -0.39 is 0 Å². The smallest absolute Gasteiger partial charge is 0.192 e. The zero-order valence-corrected chi connectivity index (χ0v) is 16.0. The normalized spacial score (nSPS) is 19.0. The van der Waals surface area contributed by atoms with Crippen LogP contribution in [0.15, 0.2) is 17.6 Å². The first-order chi connectivity index (χ1) is 12.2. The maximum Gasteiger partial charge on any atom is 0.192 e. The van der Waals surface area contributed by atoms with Crippen LogP contribution in [-0.4, -0.2) is 57.8 Å². The Labute approximate surface area is 151 Å². The van der Waals surface area contributed by atoms with Crippen LogP contribution >= 0.6 is 0 Å². The monoisotopic (exact) mass is 347 g/mol. The number of hydrogen-bond donors (Lipinski definition) is 2. The molecule has 1 fully saturated rings. The van der Waals surface area contributed by atoms with E-state index in [2.05, 4.69) is 44.2 Å². The largest absolute Gasteiger partial charge is 0.355 e. The molecule has 1 atom stereocenters. The summed E-state index contributed by atoms with van der Waals surface area (Å²) in [5, 5.41) is 15.0. The predicted octanol–water partition coefficient (Wildman–Crippen LogP) is 1.61. The van der Waals surface area contributed by atoms with Crippen molar-refractivity contribution in [1.29, 1.82) is 0 Å². The molecule has 0 aromatic carbocycles. The molecule has 2 N–H and O–H groups in total. The predicted molar refractivity (Wildman–Crippen MR) is 103 cm³/mol. The van der Waals surface area contributed by atoms with Gasteiger partial charge in [-0.05, 0) is 32.7 Å². The number of aromatic nitrogens is 3. The number of nitrogens with one attached hydrogen (secondary N) is 2. The molecule has 1 aromatic heterocycles. The van der Waals surface area contributed by atoms with Gasteiger partial charge in [-0.1, -0.05) is 19.4 Å². The SMILES string of the molecule is C=CCNC(=NCc1nnc(C)n1C)NCCN1CCCCC1CC. The van der Waals surface area contributed by atoms with Crippen molar-refractivity contribution in [3.63, 3.8) is 0 Å². The summed E-state index contributed by atoms with van der Waals surface area (Å²) in [6, 6.07) is 0.735. The molecule has 1 aliphatic rings. The van der Waals surface area contributed by atoms with Crippen LogP contribution in [0.3, 0.4) is 0 Å². The molecular formula is C18H33N7. The summed E-state index contributed by atoms with van der Waals surface area (Å²) in [7, 11) is 1.96. The van der Waals surface area contributed by atoms with E-state index >= 15 is 0 Å². The molecule has 25 heavy (non-hydrogen) atoms. The molecule has 1 aromatic rings. The maximum atomic E-state index is 4.63. The highest BCUT2D eigenvalue weighted by Crippen LogP contribution is 2.18. The highest BCUT2D eigenvalue weighted by Gasteiger charge is 2.19. The summed E-state index contributed by atoms with van der Waals surface area (Å²) in [5.74, 6) is 2.55. The van der Waals surface area contributed by atoms with E-state index in [4.69, 9.17) is 0 Å². The lowest BCUT2D eigenvalue weighted by atomic mass is 10.0. The van der Waals surface area contributed by atoms with Crippen LogP contribution < -0.4 is 10.6 Å². The van der Waals surface area contributed by atoms with Crippen LogP contribution in [0.4, 0.5) is 0 Å². The second kappa shape index (κ2) is 10.2. The lowest BCUT2D eigenvalue weighted by Crippen LogP contribution is -2.46. The van der Waals surface area contributed by atoms with Crippen molar-refractivity contribution >= 4 is 5.96 Å². The molecule has 2 heterocycles. The molecule has 1 unspecified atom stereocenters. The van der Waals surface area contributed by atoms with Gasteiger partial charge in [0.25, 0.3) is 0 Å². The average molecular weight is 348 g/mol. The van der Waals surface area contributed by atoms with Gasteiger partial charge in [0.1, 0.15) is 12.4 Å². The Bertz CT molecular complexity index is 564. The second-order valence-electron chi connectivity index (χ2n) is 6.58. The van der Waals surface area contributed by atoms with Crippen molar-refractivity contribution in [2.24, 2.45) is 12.0 Å². The minimum Gasteiger partial charge on any atom is -0.355 e. The first-order valence-electron chi connectivity index (χ1n) is 9.37. The van der Waals surface area contributed by atoms with Gasteiger partial charge >= 0.3 is 0 Å². The maximum absolute atomic E-state index is 4.63. The number of likely N-dealkylation sites (tertiary alicyclic amines) is 1. The highest BCUT2D eigenvalue weighted by atomic mass is 15.3. The lowest BCUT2D eigenvalue weighted by molar-refractivity contribution is 0.147. The van der Waals surface area contributed by atoms with Crippen LogP contribution in [0.5, 0.6) is 0 Å². The molecule has 0 radical (unpaired) electrons. The van der Waals surface area contributed by atoms with Gasteiger partial charge in [0.2, 0.25) is 0 Å². The van der Waals surface area contributed by atoms with Gasteiger partial charge < -0.3 is 15.2 Å². The first-order valence-corrected chi connectivity index (χ1v) is 9.37. The third-order valence-corrected chi connectivity index (χ3v) is 4.89. The van der Waals surface area contributed by atoms with Crippen LogP contribution in [0.2, 0.25) is 0 Å². The lowest BCUT2D eigenvalue weighted by Gasteiger charge is -2.35. The van der Waals surface area contributed by atoms with Crippen molar-refractivity contribution < 1.29 is 0 Å². The first kappa shape index (κ1) is 19.4. The topological polar surface area (TPSA) is 70.4 Å². The fourth-order valence-corrected chi connectivity index (χ4v) is 3.22. The summed E-state index contributed by atoms with van der Waals surface area (Å²) >= 11 is 0. The Balaban J connectivity index is 1.87. The Kier molecular flexibility index (Phi) is 7.91. The van der Waals surface area contributed by atoms with Crippen molar-refractivity contribution in [1.82, 2.24) is 30.3 Å². The molecule has 0 amide bonds. The molecule has 140 valence electrons. The fourth-order valence-electron chi connectivity index (χ4n) is 3.22. The number of aryl methyl sites for hydroxylation is 1. The quantitative estimate of drug-likeness (QED) is 0.425. The second-order valence-corrected chi connectivity index (χ2v) is 6.58. The third-order valence-electron chi connectivity index (χ3n) is 4.89. The molecule has 1 aliphatic heterocycles. The zero-order valence-electron chi connectivity index (χ0n) is 16.0. The molecule has 0 bridgehead atoms. The van der Waals surface area contributed by atoms with E-state index in [1.807, 2.05) is 24.6 Å². The number of rotatable bonds is 8. The molecule has 0 spiro atoms. The van der Waals surface area contributed by atoms with Crippen molar-refractivity contribution in [3.8, 4) is 0 Å². The van der Waals surface area contributed by atoms with E-state index in [9.17, 15) is 0 Å². The van der Waals surface area contributed by atoms with Crippen LogP contribution in [-0.2, 0) is 13.6 Å². The Morgan fingerprint density at radius 3 is 2.88 bits per heavy atom. The molecule has 0 saturated carbocycles. The standard InChI is InChI=1S/C18H33N7/c1-5-10-19-18(21-14-17-23-22-15(3)24(17)4)20-11-13-25-12-8-7-9-16(25)6-2/h5,16H,1,6-14H2,2-4H3,(H2,19,20,21). The molecule has 7 heteroatoms. The van der Waals surface area contributed by atoms with Crippen LogP contribution in [0.1, 0.15) is 44.3 Å². The Hall–Kier alpha value is -1.89. The number of nitrogens with zero attached hydrogens (tertiary/aromatic N) is 5. The molecule has 7 nitrogen and oxygen atoms in total. The van der Waals surface area contributed by atoms with Crippen LogP contribution in [0.25, 0.3) is 0 Å². The van der Waals surface area contributed by atoms with Gasteiger partial charge in [-0.15, -0.1) is 16.8 Å². The number of piperidine rings is 1. The summed E-state index contributed by atoms with van der Waals surface area (Å²) in [4.78, 5) is 7.24. The minimum absolute atomic E-state index is 0.505. The summed E-state index contributed by atoms with van der Waals surface area (Å²) in [6.07, 6.45) is 7.09. The van der Waals surface area contributed by atoms with Gasteiger partial charge in [0.15, 0.2) is 11.8 Å². The van der Waals surface area contributed by atoms with E-state index in [0.717, 1.165) is 36.7 Å². The Morgan fingerprint density at radius 2 is 2.20 bits per heavy atom. The van der Waals surface area contributed by atoms with Gasteiger partial charge in [-0.3, -0.25) is 4.90 Å². The summed E-state index contributed by atoms with van der Waals surface area (Å²) < 4.78 is 1.97. The van der Waals surface area contributed by atoms with Gasteiger partial charge in [-0.2, -0.15) is 0 Å². The molecule has 2 rings (SSSR count). The number of guanidine groups is 1. The minimum atomic E-state index is 0.505. The van der Waals surface area contributed by atoms with Crippen molar-refractivity contribution in [2.45, 2.75) is 52.1 Å². The Morgan fingerprint density at radius 1 is 1.36 bits per heavy atom. The van der Waals surface area contributed by atoms with Gasteiger partial charge in [0, 0.05) is 32.7 Å². The highest BCUT2D eigenvalue weighted by molar-refractivity contribution is 5.79. The molecule has 1 saturated heterocycles.